The second-order valence-electron chi connectivity index (χ2n) is 3.37. The second kappa shape index (κ2) is 7.34. The van der Waals surface area contributed by atoms with E-state index in [-0.39, 0.29) is 12.5 Å². The van der Waals surface area contributed by atoms with Crippen LogP contribution in [0, 0.1) is 0 Å². The van der Waals surface area contributed by atoms with E-state index < -0.39 is 5.97 Å². The van der Waals surface area contributed by atoms with Gasteiger partial charge in [-0.1, -0.05) is 6.07 Å². The molecule has 0 aliphatic carbocycles. The highest BCUT2D eigenvalue weighted by Crippen LogP contribution is 2.17. The van der Waals surface area contributed by atoms with E-state index in [1.807, 2.05) is 17.5 Å². The molecule has 0 saturated carbocycles. The average molecular weight is 273 g/mol. The summed E-state index contributed by atoms with van der Waals surface area (Å²) in [6, 6.07) is 4.00. The van der Waals surface area contributed by atoms with Gasteiger partial charge in [-0.05, 0) is 18.4 Å². The molecule has 6 heteroatoms. The molecule has 17 heavy (non-hydrogen) atoms. The third-order valence-electron chi connectivity index (χ3n) is 2.11. The fourth-order valence-electron chi connectivity index (χ4n) is 1.26. The van der Waals surface area contributed by atoms with E-state index in [1.54, 1.807) is 18.3 Å². The molecule has 0 atom stereocenters. The van der Waals surface area contributed by atoms with Crippen LogP contribution in [0.2, 0.25) is 0 Å². The number of thioether (sulfide) groups is 1. The van der Waals surface area contributed by atoms with E-state index in [1.165, 1.54) is 21.5 Å². The Balaban J connectivity index is 2.29. The molecule has 4 nitrogen and oxygen atoms in total. The largest absolute Gasteiger partial charge is 0.480 e. The lowest BCUT2D eigenvalue weighted by Gasteiger charge is -2.17. The number of carboxylic acids is 1. The number of carbonyl (C=O) groups excluding carboxylic acids is 1. The van der Waals surface area contributed by atoms with Gasteiger partial charge in [-0.15, -0.1) is 23.1 Å². The van der Waals surface area contributed by atoms with Crippen molar-refractivity contribution in [3.05, 3.63) is 22.4 Å². The quantitative estimate of drug-likeness (QED) is 0.824. The summed E-state index contributed by atoms with van der Waals surface area (Å²) in [6.45, 7) is 2.00. The first-order valence-corrected chi connectivity index (χ1v) is 7.26. The lowest BCUT2D eigenvalue weighted by molar-refractivity contribution is -0.143. The van der Waals surface area contributed by atoms with Crippen molar-refractivity contribution in [1.82, 2.24) is 4.90 Å². The number of hydrogen-bond donors (Lipinski definition) is 1. The molecule has 1 aromatic rings. The summed E-state index contributed by atoms with van der Waals surface area (Å²) in [7, 11) is 0. The van der Waals surface area contributed by atoms with Crippen LogP contribution in [0.4, 0.5) is 0 Å². The van der Waals surface area contributed by atoms with Gasteiger partial charge in [0.15, 0.2) is 0 Å². The van der Waals surface area contributed by atoms with Crippen LogP contribution >= 0.6 is 23.1 Å². The van der Waals surface area contributed by atoms with Crippen LogP contribution in [0.5, 0.6) is 0 Å². The number of likely N-dealkylation sites (N-methyl/N-ethyl adjacent to an activating group) is 1. The maximum Gasteiger partial charge on any atom is 0.323 e. The first-order valence-electron chi connectivity index (χ1n) is 5.23. The highest BCUT2D eigenvalue weighted by atomic mass is 32.2. The molecule has 1 N–H and O–H groups in total. The summed E-state index contributed by atoms with van der Waals surface area (Å²) >= 11 is 3.18. The standard InChI is InChI=1S/C11H15NO3S2/c1-2-12(6-11(14)15)10(13)8-16-7-9-4-3-5-17-9/h3-5H,2,6-8H2,1H3,(H,14,15). The zero-order chi connectivity index (χ0) is 12.7. The molecule has 0 aliphatic heterocycles. The molecule has 1 amide bonds. The molecule has 0 fully saturated rings. The van der Waals surface area contributed by atoms with E-state index in [4.69, 9.17) is 5.11 Å². The van der Waals surface area contributed by atoms with E-state index >= 15 is 0 Å². The number of hydrogen-bond acceptors (Lipinski definition) is 4. The van der Waals surface area contributed by atoms with Gasteiger partial charge in [0.25, 0.3) is 0 Å². The number of thiophene rings is 1. The highest BCUT2D eigenvalue weighted by Gasteiger charge is 2.14. The molecular weight excluding hydrogens is 258 g/mol. The number of nitrogens with zero attached hydrogens (tertiary/aromatic N) is 1. The van der Waals surface area contributed by atoms with E-state index in [9.17, 15) is 9.59 Å². The third kappa shape index (κ3) is 5.23. The van der Waals surface area contributed by atoms with Gasteiger partial charge in [-0.2, -0.15) is 0 Å². The van der Waals surface area contributed by atoms with Crippen molar-refractivity contribution in [2.75, 3.05) is 18.8 Å². The molecule has 0 aliphatic rings. The Morgan fingerprint density at radius 1 is 1.53 bits per heavy atom. The van der Waals surface area contributed by atoms with Gasteiger partial charge < -0.3 is 10.0 Å². The highest BCUT2D eigenvalue weighted by molar-refractivity contribution is 7.99. The van der Waals surface area contributed by atoms with Gasteiger partial charge in [-0.25, -0.2) is 0 Å². The van der Waals surface area contributed by atoms with Crippen molar-refractivity contribution in [2.24, 2.45) is 0 Å². The number of amides is 1. The molecule has 0 radical (unpaired) electrons. The Hall–Kier alpha value is -1.01. The monoisotopic (exact) mass is 273 g/mol. The Morgan fingerprint density at radius 2 is 2.29 bits per heavy atom. The smallest absolute Gasteiger partial charge is 0.323 e. The van der Waals surface area contributed by atoms with E-state index in [2.05, 4.69) is 0 Å². The number of aliphatic carboxylic acids is 1. The summed E-state index contributed by atoms with van der Waals surface area (Å²) in [4.78, 5) is 24.8. The van der Waals surface area contributed by atoms with Crippen molar-refractivity contribution in [3.8, 4) is 0 Å². The average Bonchev–Trinajstić information content (AvgIpc) is 2.78. The Labute approximate surface area is 109 Å². The fourth-order valence-corrected chi connectivity index (χ4v) is 3.03. The maximum absolute atomic E-state index is 11.7. The maximum atomic E-state index is 11.7. The van der Waals surface area contributed by atoms with Crippen LogP contribution in [-0.4, -0.2) is 40.7 Å². The number of carboxylic acid groups (broad SMARTS) is 1. The van der Waals surface area contributed by atoms with E-state index in [0.717, 1.165) is 5.75 Å². The minimum atomic E-state index is -0.969. The molecule has 1 aromatic heterocycles. The number of rotatable bonds is 7. The van der Waals surface area contributed by atoms with Gasteiger partial charge in [-0.3, -0.25) is 9.59 Å². The molecule has 0 saturated heterocycles. The first-order chi connectivity index (χ1) is 8.13. The third-order valence-corrected chi connectivity index (χ3v) is 4.14. The topological polar surface area (TPSA) is 57.6 Å². The lowest BCUT2D eigenvalue weighted by Crippen LogP contribution is -2.36. The molecule has 1 rings (SSSR count). The Morgan fingerprint density at radius 3 is 2.82 bits per heavy atom. The molecule has 1 heterocycles. The van der Waals surface area contributed by atoms with Crippen molar-refractivity contribution in [1.29, 1.82) is 0 Å². The van der Waals surface area contributed by atoms with Crippen LogP contribution < -0.4 is 0 Å². The molecule has 0 unspecified atom stereocenters. The van der Waals surface area contributed by atoms with Crippen LogP contribution in [0.15, 0.2) is 17.5 Å². The van der Waals surface area contributed by atoms with Gasteiger partial charge in [0.1, 0.15) is 6.54 Å². The van der Waals surface area contributed by atoms with E-state index in [0.29, 0.717) is 12.3 Å². The van der Waals surface area contributed by atoms with Crippen molar-refractivity contribution in [3.63, 3.8) is 0 Å². The van der Waals surface area contributed by atoms with Crippen LogP contribution in [0.25, 0.3) is 0 Å². The zero-order valence-corrected chi connectivity index (χ0v) is 11.2. The summed E-state index contributed by atoms with van der Waals surface area (Å²) in [5.74, 6) is 0.0486. The summed E-state index contributed by atoms with van der Waals surface area (Å²) in [5, 5.41) is 10.6. The molecule has 0 aromatic carbocycles. The van der Waals surface area contributed by atoms with Crippen LogP contribution in [0.3, 0.4) is 0 Å². The SMILES string of the molecule is CCN(CC(=O)O)C(=O)CSCc1cccs1. The Bertz CT molecular complexity index is 365. The molecule has 94 valence electrons. The van der Waals surface area contributed by atoms with Crippen molar-refractivity contribution < 1.29 is 14.7 Å². The predicted octanol–water partition coefficient (Wildman–Crippen LogP) is 1.91. The second-order valence-corrected chi connectivity index (χ2v) is 5.39. The summed E-state index contributed by atoms with van der Waals surface area (Å²) in [5.41, 5.74) is 0. The first kappa shape index (κ1) is 14.1. The van der Waals surface area contributed by atoms with Crippen molar-refractivity contribution >= 4 is 35.0 Å². The normalized spacial score (nSPS) is 10.2. The van der Waals surface area contributed by atoms with Crippen molar-refractivity contribution in [2.45, 2.75) is 12.7 Å². The molecule has 0 bridgehead atoms. The van der Waals surface area contributed by atoms with Gasteiger partial charge in [0.2, 0.25) is 5.91 Å². The van der Waals surface area contributed by atoms with Crippen LogP contribution in [0.1, 0.15) is 11.8 Å². The molecule has 0 spiro atoms. The molecular formula is C11H15NO3S2. The minimum Gasteiger partial charge on any atom is -0.480 e. The van der Waals surface area contributed by atoms with Crippen LogP contribution in [-0.2, 0) is 15.3 Å². The van der Waals surface area contributed by atoms with Gasteiger partial charge in [0, 0.05) is 17.2 Å². The zero-order valence-electron chi connectivity index (χ0n) is 9.59. The fraction of sp³-hybridized carbons (Fsp3) is 0.455. The summed E-state index contributed by atoms with van der Waals surface area (Å²) < 4.78 is 0. The predicted molar refractivity (Wildman–Crippen MR) is 70.4 cm³/mol. The Kier molecular flexibility index (Phi) is 6.07. The van der Waals surface area contributed by atoms with Gasteiger partial charge >= 0.3 is 5.97 Å². The summed E-state index contributed by atoms with van der Waals surface area (Å²) in [6.07, 6.45) is 0. The lowest BCUT2D eigenvalue weighted by atomic mass is 10.4. The minimum absolute atomic E-state index is 0.114. The van der Waals surface area contributed by atoms with Gasteiger partial charge in [0.05, 0.1) is 5.75 Å². The number of carbonyl (C=O) groups is 2.